The number of hydrogen-bond donors (Lipinski definition) is 0. The molecule has 0 spiro atoms. The lowest BCUT2D eigenvalue weighted by Gasteiger charge is -2.59. The Morgan fingerprint density at radius 1 is 0.426 bits per heavy atom. The van der Waals surface area contributed by atoms with Crippen molar-refractivity contribution in [2.45, 2.75) is 350 Å². The lowest BCUT2D eigenvalue weighted by atomic mass is 9.48. The molecule has 0 aromatic carbocycles. The molecule has 21 heteroatoms. The molecule has 16 bridgehead atoms. The van der Waals surface area contributed by atoms with Crippen LogP contribution in [-0.4, -0.2) is 129 Å². The molecule has 0 aromatic rings. The van der Waals surface area contributed by atoms with E-state index >= 15 is 0 Å². The van der Waals surface area contributed by atoms with Gasteiger partial charge in [0.1, 0.15) is 34.3 Å². The van der Waals surface area contributed by atoms with Crippen LogP contribution in [0.4, 0.5) is 0 Å². The number of Topliss-reactive ketones (excluding diaryl/α,β-unsaturated/α-hetero) is 1. The van der Waals surface area contributed by atoms with E-state index in [-0.39, 0.29) is 90.2 Å². The van der Waals surface area contributed by atoms with Crippen LogP contribution in [-0.2, 0) is 100 Å². The van der Waals surface area contributed by atoms with Crippen LogP contribution in [0.2, 0.25) is 0 Å². The second-order valence-corrected chi connectivity index (χ2v) is 38.4. The Hall–Kier alpha value is -5.18. The Morgan fingerprint density at radius 2 is 0.759 bits per heavy atom. The molecule has 0 amide bonds. The van der Waals surface area contributed by atoms with E-state index in [2.05, 4.69) is 20.8 Å². The molecule has 17 saturated carbocycles. The second kappa shape index (κ2) is 33.9. The van der Waals surface area contributed by atoms with E-state index in [1.54, 1.807) is 41.5 Å². The number of rotatable bonds is 27. The number of hydrogen-bond acceptors (Lipinski definition) is 21. The van der Waals surface area contributed by atoms with Gasteiger partial charge in [-0.25, -0.2) is 0 Å². The summed E-state index contributed by atoms with van der Waals surface area (Å²) in [5.74, 6) is 5.87. The molecule has 108 heavy (non-hydrogen) atoms. The van der Waals surface area contributed by atoms with Crippen molar-refractivity contribution in [2.24, 2.45) is 110 Å². The maximum atomic E-state index is 13.0. The standard InChI is InChI=1S/C24H36O5.C22H36O5.C21H34O5.C20H30O6/c1-4-23(2,22(27)28-20-7-5-6-19(25)13-20)14-21(26)29-24(3)17-9-15-8-16(11-17)12-18(24)10-15;1-6-21(4,20(24)26-14(3)25-7-2)13-19(23)27-22(5)17-9-15-8-16(11-17)12-18(22)10-15;1-6-20(3,19(23)25-13(2)24-5)12-18(22)26-21(4)16-8-14-7-15(10-16)11-17(21)9-14;1-5-18(2,16(22)24-3)11-15(21)26-20-9-13-6-14(10-20)8-19(7-13,12-20)17(23)25-4/h15-18,20H,4-14H2,1-3H3;14-18H,6-13H2,1-5H3;13-17H,6-12H2,1-5H3;13-14H,5-12H2,1-4H3. The normalized spacial score (nSPS) is 38.4. The molecular formula is C87H136O21. The molecule has 0 radical (unpaired) electrons. The second-order valence-electron chi connectivity index (χ2n) is 38.4. The van der Waals surface area contributed by atoms with Gasteiger partial charge in [-0.1, -0.05) is 27.7 Å². The van der Waals surface area contributed by atoms with Crippen LogP contribution in [0.25, 0.3) is 0 Å². The van der Waals surface area contributed by atoms with Gasteiger partial charge in [-0.05, 0) is 319 Å². The first kappa shape index (κ1) is 85.3. The highest BCUT2D eigenvalue weighted by atomic mass is 16.7. The maximum Gasteiger partial charge on any atom is 0.314 e. The Kier molecular flexibility index (Phi) is 26.7. The zero-order chi connectivity index (χ0) is 78.9. The molecule has 610 valence electrons. The van der Waals surface area contributed by atoms with Gasteiger partial charge >= 0.3 is 53.7 Å². The molecule has 0 saturated heterocycles. The first-order chi connectivity index (χ1) is 50.8. The van der Waals surface area contributed by atoms with Crippen molar-refractivity contribution >= 4 is 59.5 Å². The minimum atomic E-state index is -0.903. The Balaban J connectivity index is 0.000000154. The number of carbonyl (C=O) groups is 10. The molecule has 0 heterocycles. The van der Waals surface area contributed by atoms with Crippen molar-refractivity contribution in [1.82, 2.24) is 0 Å². The third-order valence-electron chi connectivity index (χ3n) is 30.6. The minimum absolute atomic E-state index is 0.00151. The number of methoxy groups -OCH3 is 3. The molecule has 17 aliphatic rings. The molecule has 21 nitrogen and oxygen atoms in total. The fourth-order valence-electron chi connectivity index (χ4n) is 23.9. The fourth-order valence-corrected chi connectivity index (χ4v) is 23.9. The molecule has 17 aliphatic carbocycles. The monoisotopic (exact) mass is 1520 g/mol. The summed E-state index contributed by atoms with van der Waals surface area (Å²) < 4.78 is 61.0. The van der Waals surface area contributed by atoms with Gasteiger partial charge in [0.15, 0.2) is 12.6 Å². The highest BCUT2D eigenvalue weighted by Crippen LogP contribution is 2.65. The average molecular weight is 1520 g/mol. The summed E-state index contributed by atoms with van der Waals surface area (Å²) in [5, 5.41) is 0. The fraction of sp³-hybridized carbons (Fsp3) is 0.885. The smallest absolute Gasteiger partial charge is 0.314 e. The summed E-state index contributed by atoms with van der Waals surface area (Å²) in [7, 11) is 4.26. The molecule has 0 N–H and O–H groups in total. The van der Waals surface area contributed by atoms with Crippen molar-refractivity contribution in [1.29, 1.82) is 0 Å². The van der Waals surface area contributed by atoms with E-state index in [0.717, 1.165) is 80.5 Å². The van der Waals surface area contributed by atoms with Crippen LogP contribution in [0.5, 0.6) is 0 Å². The maximum absolute atomic E-state index is 13.0. The minimum Gasteiger partial charge on any atom is -0.469 e. The van der Waals surface area contributed by atoms with Crippen LogP contribution < -0.4 is 0 Å². The van der Waals surface area contributed by atoms with Crippen LogP contribution in [0.15, 0.2) is 0 Å². The van der Waals surface area contributed by atoms with Gasteiger partial charge in [0.2, 0.25) is 0 Å². The van der Waals surface area contributed by atoms with E-state index in [0.29, 0.717) is 98.9 Å². The number of ketones is 1. The van der Waals surface area contributed by atoms with Gasteiger partial charge in [-0.2, -0.15) is 0 Å². The van der Waals surface area contributed by atoms with E-state index in [1.807, 2.05) is 34.6 Å². The zero-order valence-electron chi connectivity index (χ0n) is 68.9. The van der Waals surface area contributed by atoms with Crippen molar-refractivity contribution in [2.75, 3.05) is 27.9 Å². The predicted molar refractivity (Wildman–Crippen MR) is 400 cm³/mol. The van der Waals surface area contributed by atoms with Crippen LogP contribution in [0.3, 0.4) is 0 Å². The first-order valence-electron chi connectivity index (χ1n) is 42.1. The molecule has 0 aliphatic heterocycles. The Bertz CT molecular complexity index is 3160. The van der Waals surface area contributed by atoms with Gasteiger partial charge < -0.3 is 52.1 Å². The number of ether oxygens (including phenoxy) is 11. The molecule has 9 atom stereocenters. The van der Waals surface area contributed by atoms with Gasteiger partial charge in [0.05, 0.1) is 67.0 Å². The molecule has 17 fully saturated rings. The molecular weight excluding hydrogens is 1380 g/mol. The van der Waals surface area contributed by atoms with Crippen LogP contribution in [0, 0.1) is 110 Å². The average Bonchev–Trinajstić information content (AvgIpc) is 0.730. The van der Waals surface area contributed by atoms with E-state index in [1.165, 1.54) is 118 Å². The largest absolute Gasteiger partial charge is 0.469 e. The third kappa shape index (κ3) is 18.4. The highest BCUT2D eigenvalue weighted by molar-refractivity contribution is 5.86. The van der Waals surface area contributed by atoms with Gasteiger partial charge in [0.25, 0.3) is 0 Å². The summed E-state index contributed by atoms with van der Waals surface area (Å²) in [6, 6.07) is 0. The van der Waals surface area contributed by atoms with Crippen LogP contribution in [0.1, 0.15) is 309 Å². The summed E-state index contributed by atoms with van der Waals surface area (Å²) in [6.45, 7) is 26.8. The summed E-state index contributed by atoms with van der Waals surface area (Å²) in [4.78, 5) is 126. The van der Waals surface area contributed by atoms with Gasteiger partial charge in [-0.15, -0.1) is 0 Å². The number of esters is 9. The summed E-state index contributed by atoms with van der Waals surface area (Å²) in [6.07, 6.45) is 26.3. The molecule has 9 unspecified atom stereocenters. The van der Waals surface area contributed by atoms with E-state index in [9.17, 15) is 47.9 Å². The van der Waals surface area contributed by atoms with Crippen LogP contribution >= 0.6 is 0 Å². The summed E-state index contributed by atoms with van der Waals surface area (Å²) >= 11 is 0. The molecule has 17 rings (SSSR count). The lowest BCUT2D eigenvalue weighted by molar-refractivity contribution is -0.213. The Labute approximate surface area is 644 Å². The Morgan fingerprint density at radius 3 is 1.08 bits per heavy atom. The predicted octanol–water partition coefficient (Wildman–Crippen LogP) is 16.2. The lowest BCUT2D eigenvalue weighted by Crippen LogP contribution is -2.60. The molecule has 0 aromatic heterocycles. The summed E-state index contributed by atoms with van der Waals surface area (Å²) in [5.41, 5.74) is -5.73. The zero-order valence-corrected chi connectivity index (χ0v) is 68.9. The SMILES string of the molecule is CCC(C)(CC(=O)OC1(C)C2CC3CC(C2)CC1C3)C(=O)OC(C)OC.CCC(C)(CC(=O)OC1(C)C2CC3CC(C2)CC1C3)C(=O)OC1CCCC(=O)C1.CCC(C)(CC(=O)OC12CC3CC(C1)CC(C(=O)OC)(C3)C2)C(=O)OC.CCOC(C)OC(=O)C(C)(CC)CC(=O)OC1(C)C2CC3CC(C2)CC1C3. The highest BCUT2D eigenvalue weighted by Gasteiger charge is 2.65. The van der Waals surface area contributed by atoms with E-state index in [4.69, 9.17) is 52.1 Å². The van der Waals surface area contributed by atoms with Crippen molar-refractivity contribution in [3.8, 4) is 0 Å². The quantitative estimate of drug-likeness (QED) is 0.0420. The third-order valence-corrected chi connectivity index (χ3v) is 30.6. The van der Waals surface area contributed by atoms with Gasteiger partial charge in [-0.3, -0.25) is 47.9 Å². The van der Waals surface area contributed by atoms with E-state index < -0.39 is 63.2 Å². The van der Waals surface area contributed by atoms with Crippen molar-refractivity contribution < 1.29 is 100 Å². The van der Waals surface area contributed by atoms with Crippen molar-refractivity contribution in [3.63, 3.8) is 0 Å². The topological polar surface area (TPSA) is 272 Å². The van der Waals surface area contributed by atoms with Gasteiger partial charge in [0, 0.05) is 33.0 Å². The number of carbonyl (C=O) groups excluding carboxylic acids is 10. The van der Waals surface area contributed by atoms with Crippen molar-refractivity contribution in [3.05, 3.63) is 0 Å². The first-order valence-corrected chi connectivity index (χ1v) is 42.1.